The molecule has 0 amide bonds. The fourth-order valence-corrected chi connectivity index (χ4v) is 10.1. The summed E-state index contributed by atoms with van der Waals surface area (Å²) in [6.45, 7) is 9.25. The van der Waals surface area contributed by atoms with E-state index in [9.17, 15) is 0 Å². The summed E-state index contributed by atoms with van der Waals surface area (Å²) < 4.78 is 0. The first-order valence-electron chi connectivity index (χ1n) is 20.2. The molecule has 0 aliphatic heterocycles. The third-order valence-corrected chi connectivity index (χ3v) is 12.7. The van der Waals surface area contributed by atoms with Gasteiger partial charge in [0.05, 0.1) is 0 Å². The zero-order valence-electron chi connectivity index (χ0n) is 32.8. The summed E-state index contributed by atoms with van der Waals surface area (Å²) >= 11 is 0. The van der Waals surface area contributed by atoms with Crippen molar-refractivity contribution >= 4 is 43.1 Å². The van der Waals surface area contributed by atoms with Gasteiger partial charge in [0.25, 0.3) is 0 Å². The van der Waals surface area contributed by atoms with E-state index in [1.54, 1.807) is 0 Å². The van der Waals surface area contributed by atoms with Crippen molar-refractivity contribution in [1.82, 2.24) is 0 Å². The van der Waals surface area contributed by atoms with Crippen molar-refractivity contribution in [2.45, 2.75) is 33.1 Å². The Hall–Kier alpha value is -6.76. The van der Waals surface area contributed by atoms with E-state index in [1.165, 1.54) is 121 Å². The van der Waals surface area contributed by atoms with Gasteiger partial charge in [0.15, 0.2) is 0 Å². The smallest absolute Gasteiger partial charge is 0.0159 e. The van der Waals surface area contributed by atoms with Crippen LogP contribution in [-0.4, -0.2) is 0 Å². The first-order valence-corrected chi connectivity index (χ1v) is 20.2. The average molecular weight is 727 g/mol. The highest BCUT2D eigenvalue weighted by atomic mass is 14.4. The zero-order valence-corrected chi connectivity index (χ0v) is 32.8. The van der Waals surface area contributed by atoms with Crippen LogP contribution in [0.15, 0.2) is 182 Å². The van der Waals surface area contributed by atoms with Gasteiger partial charge < -0.3 is 0 Å². The second-order valence-electron chi connectivity index (χ2n) is 16.6. The Balaban J connectivity index is 1.20. The summed E-state index contributed by atoms with van der Waals surface area (Å²) in [5.74, 6) is 0. The molecule has 0 heteroatoms. The van der Waals surface area contributed by atoms with Gasteiger partial charge in [-0.25, -0.2) is 0 Å². The van der Waals surface area contributed by atoms with Crippen LogP contribution < -0.4 is 0 Å². The van der Waals surface area contributed by atoms with E-state index in [0.29, 0.717) is 0 Å². The lowest BCUT2D eigenvalue weighted by Crippen LogP contribution is -2.15. The Labute approximate surface area is 334 Å². The van der Waals surface area contributed by atoms with Crippen LogP contribution in [0.3, 0.4) is 0 Å². The van der Waals surface area contributed by atoms with Crippen LogP contribution in [0.1, 0.15) is 36.1 Å². The fourth-order valence-electron chi connectivity index (χ4n) is 10.1. The molecule has 0 spiro atoms. The van der Waals surface area contributed by atoms with Gasteiger partial charge in [-0.05, 0) is 142 Å². The van der Waals surface area contributed by atoms with Crippen molar-refractivity contribution in [1.29, 1.82) is 0 Å². The van der Waals surface area contributed by atoms with Crippen LogP contribution in [0.5, 0.6) is 0 Å². The monoisotopic (exact) mass is 726 g/mol. The minimum absolute atomic E-state index is 0.219. The van der Waals surface area contributed by atoms with Crippen molar-refractivity contribution in [2.24, 2.45) is 0 Å². The van der Waals surface area contributed by atoms with Crippen LogP contribution in [0, 0.1) is 13.8 Å². The van der Waals surface area contributed by atoms with Crippen LogP contribution in [0.4, 0.5) is 0 Å². The maximum atomic E-state index is 2.55. The Bertz CT molecular complexity index is 3210. The molecule has 0 saturated carbocycles. The number of rotatable bonds is 4. The predicted octanol–water partition coefficient (Wildman–Crippen LogP) is 15.9. The molecule has 0 N–H and O–H groups in total. The fraction of sp³-hybridized carbons (Fsp3) is 0.0877. The third-order valence-electron chi connectivity index (χ3n) is 12.7. The molecule has 270 valence electrons. The quantitative estimate of drug-likeness (QED) is 0.158. The molecule has 1 aliphatic carbocycles. The molecule has 0 aromatic heterocycles. The molecule has 10 aromatic rings. The highest BCUT2D eigenvalue weighted by molar-refractivity contribution is 6.23. The number of benzene rings is 10. The summed E-state index contributed by atoms with van der Waals surface area (Å²) in [5.41, 5.74) is 18.0. The average Bonchev–Trinajstić information content (AvgIpc) is 3.45. The molecule has 10 aromatic carbocycles. The topological polar surface area (TPSA) is 0 Å². The van der Waals surface area contributed by atoms with Gasteiger partial charge in [0, 0.05) is 5.41 Å². The predicted molar refractivity (Wildman–Crippen MR) is 245 cm³/mol. The maximum absolute atomic E-state index is 2.55. The minimum Gasteiger partial charge on any atom is -0.0622 e. The molecule has 11 rings (SSSR count). The van der Waals surface area contributed by atoms with Gasteiger partial charge in [-0.15, -0.1) is 0 Å². The Morgan fingerprint density at radius 3 is 1.16 bits per heavy atom. The van der Waals surface area contributed by atoms with E-state index in [2.05, 4.69) is 210 Å². The summed E-state index contributed by atoms with van der Waals surface area (Å²) in [5, 5.41) is 10.3. The molecule has 0 radical (unpaired) electrons. The van der Waals surface area contributed by atoms with Gasteiger partial charge in [-0.3, -0.25) is 0 Å². The lowest BCUT2D eigenvalue weighted by Gasteiger charge is -2.24. The van der Waals surface area contributed by atoms with E-state index in [-0.39, 0.29) is 5.41 Å². The molecular formula is C57H42. The highest BCUT2D eigenvalue weighted by Crippen LogP contribution is 2.55. The first-order chi connectivity index (χ1) is 27.9. The van der Waals surface area contributed by atoms with Crippen LogP contribution >= 0.6 is 0 Å². The number of aryl methyl sites for hydroxylation is 2. The van der Waals surface area contributed by atoms with Crippen LogP contribution in [0.25, 0.3) is 98.7 Å². The van der Waals surface area contributed by atoms with Crippen molar-refractivity contribution in [2.75, 3.05) is 0 Å². The molecule has 57 heavy (non-hydrogen) atoms. The molecule has 0 bridgehead atoms. The molecule has 0 atom stereocenters. The van der Waals surface area contributed by atoms with Crippen molar-refractivity contribution in [3.63, 3.8) is 0 Å². The van der Waals surface area contributed by atoms with Crippen molar-refractivity contribution in [3.8, 4) is 55.6 Å². The molecule has 0 saturated heterocycles. The minimum atomic E-state index is -0.219. The second-order valence-corrected chi connectivity index (χ2v) is 16.6. The second kappa shape index (κ2) is 12.6. The maximum Gasteiger partial charge on any atom is 0.0159 e. The van der Waals surface area contributed by atoms with Crippen molar-refractivity contribution < 1.29 is 0 Å². The summed E-state index contributed by atoms with van der Waals surface area (Å²) in [7, 11) is 0. The highest BCUT2D eigenvalue weighted by Gasteiger charge is 2.37. The molecule has 0 heterocycles. The lowest BCUT2D eigenvalue weighted by atomic mass is 9.78. The third kappa shape index (κ3) is 5.07. The van der Waals surface area contributed by atoms with Crippen LogP contribution in [-0.2, 0) is 5.41 Å². The van der Waals surface area contributed by atoms with E-state index in [4.69, 9.17) is 0 Å². The standard InChI is InChI=1S/C57H42/c1-35-16-14-20-38(30-35)55-46-26-12-13-27-47(46)56(39-21-15-17-36(2)31-39)50-34-52-48(33-49(50)55)41-29-28-40(32-51(41)57(52,3)4)54-44-24-10-8-22-42(44)53(37-18-6-5-7-19-37)43-23-9-11-25-45(43)54/h5-34H,1-4H3. The molecular weight excluding hydrogens is 685 g/mol. The molecule has 1 aliphatic rings. The summed E-state index contributed by atoms with van der Waals surface area (Å²) in [4.78, 5) is 0. The Morgan fingerprint density at radius 1 is 0.281 bits per heavy atom. The number of hydrogen-bond donors (Lipinski definition) is 0. The Morgan fingerprint density at radius 2 is 0.667 bits per heavy atom. The van der Waals surface area contributed by atoms with Gasteiger partial charge in [-0.2, -0.15) is 0 Å². The Kier molecular flexibility index (Phi) is 7.44. The molecule has 0 unspecified atom stereocenters. The largest absolute Gasteiger partial charge is 0.0622 e. The summed E-state index contributed by atoms with van der Waals surface area (Å²) in [6.07, 6.45) is 0. The number of fused-ring (bicyclic) bond motifs is 7. The van der Waals surface area contributed by atoms with Gasteiger partial charge in [0.2, 0.25) is 0 Å². The first kappa shape index (κ1) is 33.6. The van der Waals surface area contributed by atoms with Crippen molar-refractivity contribution in [3.05, 3.63) is 204 Å². The van der Waals surface area contributed by atoms with E-state index >= 15 is 0 Å². The van der Waals surface area contributed by atoms with Gasteiger partial charge >= 0.3 is 0 Å². The van der Waals surface area contributed by atoms with E-state index in [1.807, 2.05) is 0 Å². The summed E-state index contributed by atoms with van der Waals surface area (Å²) in [6, 6.07) is 68.3. The molecule has 0 nitrogen and oxygen atoms in total. The van der Waals surface area contributed by atoms with Crippen LogP contribution in [0.2, 0.25) is 0 Å². The van der Waals surface area contributed by atoms with Gasteiger partial charge in [0.1, 0.15) is 0 Å². The van der Waals surface area contributed by atoms with E-state index < -0.39 is 0 Å². The van der Waals surface area contributed by atoms with Gasteiger partial charge in [-0.1, -0.05) is 189 Å². The zero-order chi connectivity index (χ0) is 38.4. The lowest BCUT2D eigenvalue weighted by molar-refractivity contribution is 0.661. The number of hydrogen-bond acceptors (Lipinski definition) is 0. The normalized spacial score (nSPS) is 13.1. The molecule has 0 fully saturated rings. The van der Waals surface area contributed by atoms with E-state index in [0.717, 1.165) is 0 Å². The SMILES string of the molecule is Cc1cccc(-c2c3ccccc3c(-c3cccc(C)c3)c3cc4c(cc23)-c2ccc(-c3c5ccccc5c(-c5ccccc5)c5ccccc35)cc2C4(C)C)c1.